The topological polar surface area (TPSA) is 93.5 Å². The van der Waals surface area contributed by atoms with Gasteiger partial charge in [-0.1, -0.05) is 48.5 Å². The molecule has 7 nitrogen and oxygen atoms in total. The highest BCUT2D eigenvalue weighted by Gasteiger charge is 2.40. The Balaban J connectivity index is 1.28. The second-order valence-corrected chi connectivity index (χ2v) is 8.12. The predicted molar refractivity (Wildman–Crippen MR) is 124 cm³/mol. The summed E-state index contributed by atoms with van der Waals surface area (Å²) in [6.45, 7) is 0.109. The lowest BCUT2D eigenvalue weighted by atomic mass is 9.98. The zero-order chi connectivity index (χ0) is 25.4. The van der Waals surface area contributed by atoms with Crippen LogP contribution in [0.4, 0.5) is 23.7 Å². The van der Waals surface area contributed by atoms with E-state index in [0.29, 0.717) is 10.9 Å². The molecule has 1 amide bonds. The molecule has 0 bridgehead atoms. The minimum Gasteiger partial charge on any atom is -0.478 e. The van der Waals surface area contributed by atoms with Crippen molar-refractivity contribution in [1.29, 1.82) is 0 Å². The first-order valence-corrected chi connectivity index (χ1v) is 10.8. The zero-order valence-electron chi connectivity index (χ0n) is 18.5. The van der Waals surface area contributed by atoms with Gasteiger partial charge in [-0.15, -0.1) is 0 Å². The highest BCUT2D eigenvalue weighted by molar-refractivity contribution is 5.89. The van der Waals surface area contributed by atoms with Crippen LogP contribution >= 0.6 is 0 Å². The Morgan fingerprint density at radius 1 is 0.944 bits per heavy atom. The van der Waals surface area contributed by atoms with Crippen molar-refractivity contribution in [2.45, 2.75) is 12.1 Å². The number of hydrogen-bond donors (Lipinski definition) is 2. The fourth-order valence-corrected chi connectivity index (χ4v) is 4.41. The van der Waals surface area contributed by atoms with Gasteiger partial charge in [0.25, 0.3) is 0 Å². The summed E-state index contributed by atoms with van der Waals surface area (Å²) in [5.41, 5.74) is 2.24. The Labute approximate surface area is 202 Å². The third-order valence-electron chi connectivity index (χ3n) is 5.97. The van der Waals surface area contributed by atoms with Crippen molar-refractivity contribution >= 4 is 17.7 Å². The van der Waals surface area contributed by atoms with Crippen LogP contribution < -0.4 is 5.32 Å². The highest BCUT2D eigenvalue weighted by Crippen LogP contribution is 2.44. The van der Waals surface area contributed by atoms with Gasteiger partial charge in [-0.25, -0.2) is 14.3 Å². The summed E-state index contributed by atoms with van der Waals surface area (Å²) in [6.07, 6.45) is -5.00. The molecule has 3 aromatic carbocycles. The number of carboxylic acid groups (broad SMARTS) is 1. The Hall–Kier alpha value is -4.60. The SMILES string of the molecule is O=C(Nc1ccc(-n2ncc(C(=O)O)c2C(F)(F)F)cc1)OCC1c2ccccc2-c2ccccc21. The second kappa shape index (κ2) is 8.88. The number of alkyl halides is 3. The molecule has 0 saturated heterocycles. The number of nitrogens with zero attached hydrogens (tertiary/aromatic N) is 2. The van der Waals surface area contributed by atoms with Crippen LogP contribution in [0.5, 0.6) is 0 Å². The number of carbonyl (C=O) groups excluding carboxylic acids is 1. The number of halogens is 3. The van der Waals surface area contributed by atoms with Crippen molar-refractivity contribution in [2.24, 2.45) is 0 Å². The molecule has 1 heterocycles. The molecule has 0 spiro atoms. The molecule has 10 heteroatoms. The minimum atomic E-state index is -4.93. The van der Waals surface area contributed by atoms with Crippen molar-refractivity contribution in [1.82, 2.24) is 9.78 Å². The van der Waals surface area contributed by atoms with Gasteiger partial charge in [-0.2, -0.15) is 18.3 Å². The van der Waals surface area contributed by atoms with Gasteiger partial charge in [-0.05, 0) is 46.5 Å². The summed E-state index contributed by atoms with van der Waals surface area (Å²) in [5.74, 6) is -1.85. The van der Waals surface area contributed by atoms with Gasteiger partial charge < -0.3 is 9.84 Å². The number of nitrogens with one attached hydrogen (secondary N) is 1. The van der Waals surface area contributed by atoms with Crippen LogP contribution in [0.3, 0.4) is 0 Å². The van der Waals surface area contributed by atoms with E-state index in [9.17, 15) is 22.8 Å². The van der Waals surface area contributed by atoms with Crippen LogP contribution in [0.25, 0.3) is 16.8 Å². The molecule has 4 aromatic rings. The fourth-order valence-electron chi connectivity index (χ4n) is 4.41. The van der Waals surface area contributed by atoms with E-state index in [0.717, 1.165) is 22.3 Å². The van der Waals surface area contributed by atoms with E-state index >= 15 is 0 Å². The lowest BCUT2D eigenvalue weighted by Gasteiger charge is -2.15. The third kappa shape index (κ3) is 4.17. The zero-order valence-corrected chi connectivity index (χ0v) is 18.5. The average molecular weight is 493 g/mol. The molecule has 5 rings (SSSR count). The highest BCUT2D eigenvalue weighted by atomic mass is 19.4. The summed E-state index contributed by atoms with van der Waals surface area (Å²) in [4.78, 5) is 23.6. The van der Waals surface area contributed by atoms with Gasteiger partial charge >= 0.3 is 18.2 Å². The predicted octanol–water partition coefficient (Wildman–Crippen LogP) is 5.95. The summed E-state index contributed by atoms with van der Waals surface area (Å²) in [6, 6.07) is 21.2. The molecule has 0 saturated carbocycles. The van der Waals surface area contributed by atoms with Crippen molar-refractivity contribution in [3.63, 3.8) is 0 Å². The fraction of sp³-hybridized carbons (Fsp3) is 0.115. The monoisotopic (exact) mass is 493 g/mol. The molecule has 1 aromatic heterocycles. The molecular weight excluding hydrogens is 475 g/mol. The van der Waals surface area contributed by atoms with Crippen LogP contribution in [-0.4, -0.2) is 33.6 Å². The first-order chi connectivity index (χ1) is 17.2. The number of aromatic nitrogens is 2. The molecule has 0 unspecified atom stereocenters. The van der Waals surface area contributed by atoms with Crippen molar-refractivity contribution < 1.29 is 32.6 Å². The lowest BCUT2D eigenvalue weighted by molar-refractivity contribution is -0.143. The Morgan fingerprint density at radius 3 is 2.08 bits per heavy atom. The van der Waals surface area contributed by atoms with Crippen molar-refractivity contribution in [3.05, 3.63) is 101 Å². The summed E-state index contributed by atoms with van der Waals surface area (Å²) < 4.78 is 46.3. The van der Waals surface area contributed by atoms with Crippen molar-refractivity contribution in [2.75, 3.05) is 11.9 Å². The van der Waals surface area contributed by atoms with Crippen molar-refractivity contribution in [3.8, 4) is 16.8 Å². The van der Waals surface area contributed by atoms with Crippen LogP contribution in [0.15, 0.2) is 79.0 Å². The smallest absolute Gasteiger partial charge is 0.434 e. The van der Waals surface area contributed by atoms with E-state index in [-0.39, 0.29) is 23.9 Å². The van der Waals surface area contributed by atoms with E-state index in [2.05, 4.69) is 10.4 Å². The van der Waals surface area contributed by atoms with E-state index in [1.807, 2.05) is 48.5 Å². The first kappa shape index (κ1) is 23.2. The van der Waals surface area contributed by atoms with Gasteiger partial charge in [0.15, 0.2) is 5.69 Å². The quantitative estimate of drug-likeness (QED) is 0.358. The van der Waals surface area contributed by atoms with Gasteiger partial charge in [0, 0.05) is 11.6 Å². The molecule has 1 aliphatic rings. The van der Waals surface area contributed by atoms with Gasteiger partial charge in [0.1, 0.15) is 12.2 Å². The summed E-state index contributed by atoms with van der Waals surface area (Å²) in [7, 11) is 0. The number of hydrogen-bond acceptors (Lipinski definition) is 4. The first-order valence-electron chi connectivity index (χ1n) is 10.8. The lowest BCUT2D eigenvalue weighted by Crippen LogP contribution is -2.18. The standard InChI is InChI=1S/C26H18F3N3O4/c27-26(28,29)23-21(24(33)34)13-30-32(23)16-11-9-15(10-12-16)31-25(35)36-14-22-19-7-3-1-5-17(19)18-6-2-4-8-20(18)22/h1-13,22H,14H2,(H,31,35)(H,33,34). The normalized spacial score (nSPS) is 12.6. The number of rotatable bonds is 5. The Morgan fingerprint density at radius 2 is 1.53 bits per heavy atom. The molecule has 0 aliphatic heterocycles. The van der Waals surface area contributed by atoms with E-state index in [4.69, 9.17) is 9.84 Å². The van der Waals surface area contributed by atoms with Crippen LogP contribution in [0, 0.1) is 0 Å². The maximum Gasteiger partial charge on any atom is 0.434 e. The molecule has 182 valence electrons. The number of ether oxygens (including phenoxy) is 1. The Kier molecular flexibility index (Phi) is 5.71. The maximum absolute atomic E-state index is 13.4. The summed E-state index contributed by atoms with van der Waals surface area (Å²) >= 11 is 0. The van der Waals surface area contributed by atoms with Gasteiger partial charge in [0.2, 0.25) is 0 Å². The number of aromatic carboxylic acids is 1. The number of carboxylic acids is 1. The number of anilines is 1. The maximum atomic E-state index is 13.4. The average Bonchev–Trinajstić information content (AvgIpc) is 3.44. The van der Waals surface area contributed by atoms with E-state index in [1.165, 1.54) is 24.3 Å². The molecule has 0 fully saturated rings. The molecular formula is C26H18F3N3O4. The number of benzene rings is 3. The number of fused-ring (bicyclic) bond motifs is 3. The Bertz CT molecular complexity index is 1420. The largest absolute Gasteiger partial charge is 0.478 e. The van der Waals surface area contributed by atoms with Crippen LogP contribution in [0.1, 0.15) is 33.1 Å². The summed E-state index contributed by atoms with van der Waals surface area (Å²) in [5, 5.41) is 15.2. The number of carbonyl (C=O) groups is 2. The van der Waals surface area contributed by atoms with Crippen LogP contribution in [-0.2, 0) is 10.9 Å². The molecule has 1 aliphatic carbocycles. The third-order valence-corrected chi connectivity index (χ3v) is 5.97. The van der Waals surface area contributed by atoms with E-state index in [1.54, 1.807) is 0 Å². The van der Waals surface area contributed by atoms with Crippen LogP contribution in [0.2, 0.25) is 0 Å². The van der Waals surface area contributed by atoms with Gasteiger partial charge in [0.05, 0.1) is 11.9 Å². The number of amides is 1. The second-order valence-electron chi connectivity index (χ2n) is 8.12. The van der Waals surface area contributed by atoms with E-state index < -0.39 is 29.5 Å². The molecule has 2 N–H and O–H groups in total. The van der Waals surface area contributed by atoms with Gasteiger partial charge in [-0.3, -0.25) is 5.32 Å². The molecule has 0 atom stereocenters. The minimum absolute atomic E-state index is 0.0205. The molecule has 36 heavy (non-hydrogen) atoms. The molecule has 0 radical (unpaired) electrons.